The Balaban J connectivity index is 1.97. The van der Waals surface area contributed by atoms with Crippen molar-refractivity contribution in [1.29, 1.82) is 0 Å². The van der Waals surface area contributed by atoms with E-state index in [1.165, 1.54) is 18.7 Å². The van der Waals surface area contributed by atoms with Gasteiger partial charge in [0.2, 0.25) is 5.95 Å². The summed E-state index contributed by atoms with van der Waals surface area (Å²) in [4.78, 5) is 3.23. The van der Waals surface area contributed by atoms with E-state index < -0.39 is 11.8 Å². The minimum Gasteiger partial charge on any atom is -0.310 e. The highest BCUT2D eigenvalue weighted by Gasteiger charge is 2.17. The Morgan fingerprint density at radius 2 is 2.21 bits per heavy atom. The van der Waals surface area contributed by atoms with Crippen LogP contribution in [0.5, 0.6) is 0 Å². The van der Waals surface area contributed by atoms with Crippen LogP contribution in [0.4, 0.5) is 8.78 Å². The van der Waals surface area contributed by atoms with Gasteiger partial charge >= 0.3 is 0 Å². The number of aromatic nitrogens is 1. The summed E-state index contributed by atoms with van der Waals surface area (Å²) in [6.45, 7) is 0.385. The van der Waals surface area contributed by atoms with Crippen molar-refractivity contribution in [1.82, 2.24) is 10.3 Å². The smallest absolute Gasteiger partial charge is 0.249 e. The SMILES string of the molecule is Fc1nccc(CNC2CCC2)c1F. The van der Waals surface area contributed by atoms with Crippen LogP contribution in [-0.2, 0) is 6.54 Å². The van der Waals surface area contributed by atoms with Crippen molar-refractivity contribution in [3.63, 3.8) is 0 Å². The highest BCUT2D eigenvalue weighted by Crippen LogP contribution is 2.19. The number of pyridine rings is 1. The third kappa shape index (κ3) is 1.90. The molecule has 0 radical (unpaired) electrons. The predicted octanol–water partition coefficient (Wildman–Crippen LogP) is 2.00. The number of hydrogen-bond acceptors (Lipinski definition) is 2. The van der Waals surface area contributed by atoms with Crippen LogP contribution in [0.3, 0.4) is 0 Å². The molecule has 1 fully saturated rings. The van der Waals surface area contributed by atoms with Gasteiger partial charge < -0.3 is 5.32 Å². The van der Waals surface area contributed by atoms with Crippen molar-refractivity contribution in [2.24, 2.45) is 0 Å². The van der Waals surface area contributed by atoms with Crippen LogP contribution in [0.1, 0.15) is 24.8 Å². The van der Waals surface area contributed by atoms with Gasteiger partial charge in [-0.3, -0.25) is 0 Å². The molecule has 0 bridgehead atoms. The predicted molar refractivity (Wildman–Crippen MR) is 48.6 cm³/mol. The molecule has 2 rings (SSSR count). The van der Waals surface area contributed by atoms with E-state index in [4.69, 9.17) is 0 Å². The number of nitrogens with one attached hydrogen (secondary N) is 1. The van der Waals surface area contributed by atoms with E-state index in [0.29, 0.717) is 18.2 Å². The Morgan fingerprint density at radius 1 is 1.43 bits per heavy atom. The van der Waals surface area contributed by atoms with E-state index in [1.54, 1.807) is 0 Å². The maximum atomic E-state index is 13.1. The van der Waals surface area contributed by atoms with Gasteiger partial charge in [0, 0.05) is 24.3 Å². The van der Waals surface area contributed by atoms with E-state index in [-0.39, 0.29) is 0 Å². The van der Waals surface area contributed by atoms with E-state index in [2.05, 4.69) is 10.3 Å². The molecule has 4 heteroatoms. The maximum absolute atomic E-state index is 13.1. The fourth-order valence-electron chi connectivity index (χ4n) is 1.46. The van der Waals surface area contributed by atoms with Gasteiger partial charge in [-0.25, -0.2) is 9.37 Å². The first-order valence-electron chi connectivity index (χ1n) is 4.79. The Hall–Kier alpha value is -1.03. The first-order chi connectivity index (χ1) is 6.77. The zero-order valence-corrected chi connectivity index (χ0v) is 7.76. The molecule has 1 aliphatic carbocycles. The summed E-state index contributed by atoms with van der Waals surface area (Å²) in [7, 11) is 0. The van der Waals surface area contributed by atoms with Crippen molar-refractivity contribution in [3.05, 3.63) is 29.6 Å². The molecule has 2 nitrogen and oxygen atoms in total. The lowest BCUT2D eigenvalue weighted by atomic mass is 9.93. The molecule has 1 aliphatic rings. The Bertz CT molecular complexity index is 324. The average Bonchev–Trinajstić information content (AvgIpc) is 2.09. The zero-order chi connectivity index (χ0) is 9.97. The van der Waals surface area contributed by atoms with Gasteiger partial charge in [-0.2, -0.15) is 4.39 Å². The van der Waals surface area contributed by atoms with E-state index in [9.17, 15) is 8.78 Å². The molecular weight excluding hydrogens is 186 g/mol. The lowest BCUT2D eigenvalue weighted by molar-refractivity contribution is 0.334. The minimum absolute atomic E-state index is 0.351. The van der Waals surface area contributed by atoms with Gasteiger partial charge in [-0.15, -0.1) is 0 Å². The molecule has 1 aromatic rings. The van der Waals surface area contributed by atoms with E-state index >= 15 is 0 Å². The molecule has 0 amide bonds. The lowest BCUT2D eigenvalue weighted by Gasteiger charge is -2.26. The summed E-state index contributed by atoms with van der Waals surface area (Å²) in [5, 5.41) is 3.17. The first-order valence-corrected chi connectivity index (χ1v) is 4.79. The van der Waals surface area contributed by atoms with Gasteiger partial charge in [0.1, 0.15) is 0 Å². The number of nitrogens with zero attached hydrogens (tertiary/aromatic N) is 1. The highest BCUT2D eigenvalue weighted by atomic mass is 19.2. The van der Waals surface area contributed by atoms with Crippen LogP contribution in [0.2, 0.25) is 0 Å². The quantitative estimate of drug-likeness (QED) is 0.751. The average molecular weight is 198 g/mol. The Labute approximate surface area is 81.4 Å². The van der Waals surface area contributed by atoms with E-state index in [0.717, 1.165) is 12.8 Å². The molecule has 0 spiro atoms. The molecule has 1 heterocycles. The fraction of sp³-hybridized carbons (Fsp3) is 0.500. The van der Waals surface area contributed by atoms with Crippen molar-refractivity contribution in [2.45, 2.75) is 31.8 Å². The molecule has 1 saturated carbocycles. The second-order valence-electron chi connectivity index (χ2n) is 3.58. The number of hydrogen-bond donors (Lipinski definition) is 1. The fourth-order valence-corrected chi connectivity index (χ4v) is 1.46. The zero-order valence-electron chi connectivity index (χ0n) is 7.76. The molecule has 0 saturated heterocycles. The Morgan fingerprint density at radius 3 is 2.86 bits per heavy atom. The molecular formula is C10H12F2N2. The van der Waals surface area contributed by atoms with Gasteiger partial charge in [-0.1, -0.05) is 6.42 Å². The molecule has 1 aromatic heterocycles. The number of halogens is 2. The molecule has 14 heavy (non-hydrogen) atoms. The molecule has 1 N–H and O–H groups in total. The number of rotatable bonds is 3. The second kappa shape index (κ2) is 4.00. The standard InChI is InChI=1S/C10H12F2N2/c11-9-7(4-5-13-10(9)12)6-14-8-2-1-3-8/h4-5,8,14H,1-3,6H2. The Kier molecular flexibility index (Phi) is 2.72. The van der Waals surface area contributed by atoms with Gasteiger partial charge in [0.15, 0.2) is 5.82 Å². The third-order valence-corrected chi connectivity index (χ3v) is 2.61. The summed E-state index contributed by atoms with van der Waals surface area (Å²) in [5.74, 6) is -1.85. The maximum Gasteiger partial charge on any atom is 0.249 e. The van der Waals surface area contributed by atoms with Crippen molar-refractivity contribution < 1.29 is 8.78 Å². The highest BCUT2D eigenvalue weighted by molar-refractivity contribution is 5.13. The van der Waals surface area contributed by atoms with E-state index in [1.807, 2.05) is 0 Å². The monoisotopic (exact) mass is 198 g/mol. The molecule has 0 aliphatic heterocycles. The van der Waals surface area contributed by atoms with Gasteiger partial charge in [-0.05, 0) is 18.9 Å². The van der Waals surface area contributed by atoms with Crippen LogP contribution < -0.4 is 5.32 Å². The van der Waals surface area contributed by atoms with Gasteiger partial charge in [0.05, 0.1) is 0 Å². The van der Waals surface area contributed by atoms with Crippen LogP contribution in [0.15, 0.2) is 12.3 Å². The lowest BCUT2D eigenvalue weighted by Crippen LogP contribution is -2.34. The van der Waals surface area contributed by atoms with Gasteiger partial charge in [0.25, 0.3) is 0 Å². The topological polar surface area (TPSA) is 24.9 Å². The van der Waals surface area contributed by atoms with Crippen LogP contribution in [0.25, 0.3) is 0 Å². The van der Waals surface area contributed by atoms with Crippen molar-refractivity contribution in [3.8, 4) is 0 Å². The van der Waals surface area contributed by atoms with Crippen LogP contribution >= 0.6 is 0 Å². The molecule has 0 atom stereocenters. The normalized spacial score (nSPS) is 16.7. The first kappa shape index (κ1) is 9.52. The summed E-state index contributed by atoms with van der Waals surface area (Å²) < 4.78 is 25.8. The summed E-state index contributed by atoms with van der Waals surface area (Å²) >= 11 is 0. The van der Waals surface area contributed by atoms with Crippen molar-refractivity contribution in [2.75, 3.05) is 0 Å². The largest absolute Gasteiger partial charge is 0.310 e. The summed E-state index contributed by atoms with van der Waals surface area (Å²) in [5.41, 5.74) is 0.351. The molecule has 76 valence electrons. The second-order valence-corrected chi connectivity index (χ2v) is 3.58. The van der Waals surface area contributed by atoms with Crippen LogP contribution in [-0.4, -0.2) is 11.0 Å². The molecule has 0 aromatic carbocycles. The summed E-state index contributed by atoms with van der Waals surface area (Å²) in [6, 6.07) is 1.98. The van der Waals surface area contributed by atoms with Crippen molar-refractivity contribution >= 4 is 0 Å². The summed E-state index contributed by atoms with van der Waals surface area (Å²) in [6.07, 6.45) is 4.78. The third-order valence-electron chi connectivity index (χ3n) is 2.61. The molecule has 0 unspecified atom stereocenters. The minimum atomic E-state index is -1.02. The van der Waals surface area contributed by atoms with Crippen LogP contribution in [0, 0.1) is 11.8 Å².